The van der Waals surface area contributed by atoms with Gasteiger partial charge in [-0.25, -0.2) is 4.98 Å². The molecule has 0 aliphatic heterocycles. The Morgan fingerprint density at radius 2 is 1.75 bits per heavy atom. The van der Waals surface area contributed by atoms with Crippen LogP contribution in [0.15, 0.2) is 59.5 Å². The number of halogens is 4. The summed E-state index contributed by atoms with van der Waals surface area (Å²) in [7, 11) is 0. The van der Waals surface area contributed by atoms with Gasteiger partial charge in [0.15, 0.2) is 0 Å². The topological polar surface area (TPSA) is 22.1 Å². The van der Waals surface area contributed by atoms with Gasteiger partial charge in [0.25, 0.3) is 0 Å². The molecule has 0 spiro atoms. The number of hydrogen-bond donors (Lipinski definition) is 1. The second kappa shape index (κ2) is 6.32. The number of pyridine rings is 1. The average molecular weight is 353 g/mol. The molecular formula is C17H11F4NOS. The first-order valence-corrected chi connectivity index (χ1v) is 7.36. The van der Waals surface area contributed by atoms with Gasteiger partial charge in [0.05, 0.1) is 11.2 Å². The van der Waals surface area contributed by atoms with Crippen molar-refractivity contribution in [2.75, 3.05) is 0 Å². The zero-order valence-corrected chi connectivity index (χ0v) is 13.0. The third kappa shape index (κ3) is 3.31. The average Bonchev–Trinajstić information content (AvgIpc) is 2.54. The maximum Gasteiger partial charge on any atom is 0.461 e. The molecule has 2 nitrogen and oxygen atoms in total. The van der Waals surface area contributed by atoms with Crippen molar-refractivity contribution in [1.82, 2.24) is 4.98 Å². The van der Waals surface area contributed by atoms with Gasteiger partial charge < -0.3 is 4.74 Å². The Labute approximate surface area is 140 Å². The largest absolute Gasteiger partial charge is 0.461 e. The van der Waals surface area contributed by atoms with Gasteiger partial charge in [-0.15, -0.1) is 12.6 Å². The van der Waals surface area contributed by atoms with Gasteiger partial charge in [-0.3, -0.25) is 0 Å². The SMILES string of the molecule is FC(F)C(F)(F)Oc1cccc(-c2ccc3c(S)cccc3n2)c1. The van der Waals surface area contributed by atoms with Gasteiger partial charge in [0.1, 0.15) is 5.75 Å². The zero-order chi connectivity index (χ0) is 17.3. The lowest BCUT2D eigenvalue weighted by atomic mass is 10.1. The van der Waals surface area contributed by atoms with E-state index < -0.39 is 12.5 Å². The highest BCUT2D eigenvalue weighted by molar-refractivity contribution is 7.80. The molecule has 24 heavy (non-hydrogen) atoms. The monoisotopic (exact) mass is 353 g/mol. The fourth-order valence-corrected chi connectivity index (χ4v) is 2.50. The Balaban J connectivity index is 1.97. The van der Waals surface area contributed by atoms with Gasteiger partial charge in [0.2, 0.25) is 0 Å². The van der Waals surface area contributed by atoms with Gasteiger partial charge in [-0.05, 0) is 36.4 Å². The van der Waals surface area contributed by atoms with Gasteiger partial charge >= 0.3 is 12.5 Å². The molecule has 0 fully saturated rings. The van der Waals surface area contributed by atoms with Crippen molar-refractivity contribution in [1.29, 1.82) is 0 Å². The molecule has 124 valence electrons. The first-order valence-electron chi connectivity index (χ1n) is 6.91. The number of aromatic nitrogens is 1. The van der Waals surface area contributed by atoms with E-state index in [1.54, 1.807) is 30.3 Å². The minimum atomic E-state index is -4.55. The van der Waals surface area contributed by atoms with E-state index in [0.29, 0.717) is 16.8 Å². The van der Waals surface area contributed by atoms with Gasteiger partial charge in [-0.1, -0.05) is 18.2 Å². The van der Waals surface area contributed by atoms with E-state index in [-0.39, 0.29) is 5.75 Å². The lowest BCUT2D eigenvalue weighted by Crippen LogP contribution is -2.33. The fraction of sp³-hybridized carbons (Fsp3) is 0.118. The van der Waals surface area contributed by atoms with Crippen LogP contribution in [0.3, 0.4) is 0 Å². The number of rotatable bonds is 4. The van der Waals surface area contributed by atoms with E-state index in [1.165, 1.54) is 18.2 Å². The molecule has 3 rings (SSSR count). The molecule has 0 aliphatic rings. The van der Waals surface area contributed by atoms with Crippen LogP contribution < -0.4 is 4.74 Å². The molecule has 3 aromatic rings. The van der Waals surface area contributed by atoms with Crippen LogP contribution in [0.1, 0.15) is 0 Å². The summed E-state index contributed by atoms with van der Waals surface area (Å²) in [5, 5.41) is 0.848. The summed E-state index contributed by atoms with van der Waals surface area (Å²) in [5.41, 5.74) is 1.67. The number of hydrogen-bond acceptors (Lipinski definition) is 3. The Bertz CT molecular complexity index is 885. The standard InChI is InChI=1S/C17H11F4NOS/c18-16(19)17(20,21)23-11-4-1-3-10(9-11)13-8-7-12-14(22-13)5-2-6-15(12)24/h1-9,16,24H. The lowest BCUT2D eigenvalue weighted by molar-refractivity contribution is -0.253. The Morgan fingerprint density at radius 3 is 2.50 bits per heavy atom. The second-order valence-electron chi connectivity index (χ2n) is 5.03. The van der Waals surface area contributed by atoms with Crippen LogP contribution in [0.5, 0.6) is 5.75 Å². The molecule has 1 aromatic heterocycles. The van der Waals surface area contributed by atoms with Gasteiger partial charge in [-0.2, -0.15) is 17.6 Å². The van der Waals surface area contributed by atoms with Crippen LogP contribution in [-0.2, 0) is 0 Å². The molecule has 0 bridgehead atoms. The summed E-state index contributed by atoms with van der Waals surface area (Å²) in [6, 6.07) is 14.4. The fourth-order valence-electron chi connectivity index (χ4n) is 2.22. The molecule has 0 amide bonds. The number of nitrogens with zero attached hydrogens (tertiary/aromatic N) is 1. The Morgan fingerprint density at radius 1 is 1.00 bits per heavy atom. The van der Waals surface area contributed by atoms with Crippen molar-refractivity contribution < 1.29 is 22.3 Å². The van der Waals surface area contributed by atoms with Crippen molar-refractivity contribution in [3.63, 3.8) is 0 Å². The van der Waals surface area contributed by atoms with Gasteiger partial charge in [0, 0.05) is 15.8 Å². The molecule has 0 saturated carbocycles. The molecule has 0 radical (unpaired) electrons. The summed E-state index contributed by atoms with van der Waals surface area (Å²) >= 11 is 4.34. The highest BCUT2D eigenvalue weighted by atomic mass is 32.1. The van der Waals surface area contributed by atoms with Crippen molar-refractivity contribution in [3.05, 3.63) is 54.6 Å². The van der Waals surface area contributed by atoms with E-state index in [1.807, 2.05) is 6.07 Å². The predicted molar refractivity (Wildman–Crippen MR) is 86.0 cm³/mol. The van der Waals surface area contributed by atoms with Crippen LogP contribution >= 0.6 is 12.6 Å². The highest BCUT2D eigenvalue weighted by Gasteiger charge is 2.43. The van der Waals surface area contributed by atoms with Crippen molar-refractivity contribution in [3.8, 4) is 17.0 Å². The summed E-state index contributed by atoms with van der Waals surface area (Å²) in [4.78, 5) is 5.20. The molecule has 0 atom stereocenters. The summed E-state index contributed by atoms with van der Waals surface area (Å²) in [6.07, 6.45) is -8.45. The molecule has 0 aliphatic carbocycles. The third-order valence-corrected chi connectivity index (χ3v) is 3.74. The summed E-state index contributed by atoms with van der Waals surface area (Å²) in [5.74, 6) is -0.359. The van der Waals surface area contributed by atoms with Crippen LogP contribution in [0.25, 0.3) is 22.2 Å². The third-order valence-electron chi connectivity index (χ3n) is 3.35. The first-order chi connectivity index (χ1) is 11.4. The zero-order valence-electron chi connectivity index (χ0n) is 12.1. The highest BCUT2D eigenvalue weighted by Crippen LogP contribution is 2.31. The number of thiol groups is 1. The van der Waals surface area contributed by atoms with Crippen LogP contribution in [0.4, 0.5) is 17.6 Å². The Hall–Kier alpha value is -2.28. The van der Waals surface area contributed by atoms with Crippen molar-refractivity contribution in [2.45, 2.75) is 17.4 Å². The Kier molecular flexibility index (Phi) is 4.36. The first kappa shape index (κ1) is 16.6. The number of fused-ring (bicyclic) bond motifs is 1. The quantitative estimate of drug-likeness (QED) is 0.499. The molecular weight excluding hydrogens is 342 g/mol. The predicted octanol–water partition coefficient (Wildman–Crippen LogP) is 5.43. The van der Waals surface area contributed by atoms with E-state index in [9.17, 15) is 17.6 Å². The summed E-state index contributed by atoms with van der Waals surface area (Å²) < 4.78 is 54.6. The minimum absolute atomic E-state index is 0.359. The summed E-state index contributed by atoms with van der Waals surface area (Å²) in [6.45, 7) is 0. The molecule has 0 unspecified atom stereocenters. The van der Waals surface area contributed by atoms with E-state index in [2.05, 4.69) is 22.3 Å². The normalized spacial score (nSPS) is 11.9. The molecule has 2 aromatic carbocycles. The molecule has 7 heteroatoms. The van der Waals surface area contributed by atoms with Crippen molar-refractivity contribution in [2.24, 2.45) is 0 Å². The maximum atomic E-state index is 13.0. The van der Waals surface area contributed by atoms with Crippen LogP contribution in [-0.4, -0.2) is 17.5 Å². The maximum absolute atomic E-state index is 13.0. The molecule has 1 heterocycles. The minimum Gasteiger partial charge on any atom is -0.428 e. The lowest BCUT2D eigenvalue weighted by Gasteiger charge is -2.17. The van der Waals surface area contributed by atoms with Crippen LogP contribution in [0.2, 0.25) is 0 Å². The smallest absolute Gasteiger partial charge is 0.428 e. The molecule has 0 N–H and O–H groups in total. The van der Waals surface area contributed by atoms with Crippen molar-refractivity contribution >= 4 is 23.5 Å². The van der Waals surface area contributed by atoms with Crippen LogP contribution in [0, 0.1) is 0 Å². The molecule has 0 saturated heterocycles. The number of ether oxygens (including phenoxy) is 1. The number of benzene rings is 2. The van der Waals surface area contributed by atoms with E-state index >= 15 is 0 Å². The van der Waals surface area contributed by atoms with E-state index in [0.717, 1.165) is 10.3 Å². The second-order valence-corrected chi connectivity index (χ2v) is 5.51. The number of alkyl halides is 4. The van der Waals surface area contributed by atoms with E-state index in [4.69, 9.17) is 0 Å².